The Morgan fingerprint density at radius 1 is 0.603 bits per heavy atom. The van der Waals surface area contributed by atoms with Gasteiger partial charge in [0, 0.05) is 13.0 Å². The van der Waals surface area contributed by atoms with E-state index in [0.717, 1.165) is 64.2 Å². The van der Waals surface area contributed by atoms with Gasteiger partial charge in [0.1, 0.15) is 30.5 Å². The van der Waals surface area contributed by atoms with Crippen LogP contribution >= 0.6 is 0 Å². The third kappa shape index (κ3) is 35.0. The highest BCUT2D eigenvalue weighted by molar-refractivity contribution is 7.80. The molecule has 63 heavy (non-hydrogen) atoms. The van der Waals surface area contributed by atoms with Crippen LogP contribution in [0.25, 0.3) is 0 Å². The van der Waals surface area contributed by atoms with Gasteiger partial charge in [0.2, 0.25) is 0 Å². The van der Waals surface area contributed by atoms with Crippen molar-refractivity contribution in [3.63, 3.8) is 0 Å². The number of aliphatic hydroxyl groups excluding tert-OH is 3. The van der Waals surface area contributed by atoms with E-state index < -0.39 is 59.8 Å². The Hall–Kier alpha value is -1.94. The van der Waals surface area contributed by atoms with Crippen molar-refractivity contribution in [2.75, 3.05) is 26.4 Å². The Labute approximate surface area is 383 Å². The lowest BCUT2D eigenvalue weighted by Gasteiger charge is -2.41. The maximum absolute atomic E-state index is 12.9. The van der Waals surface area contributed by atoms with Gasteiger partial charge in [-0.05, 0) is 77.0 Å². The molecule has 1 aliphatic heterocycles. The second-order valence-corrected chi connectivity index (χ2v) is 18.1. The minimum absolute atomic E-state index is 0.0280. The lowest BCUT2D eigenvalue weighted by molar-refractivity contribution is -0.301. The fourth-order valence-electron chi connectivity index (χ4n) is 7.38. The maximum atomic E-state index is 12.9. The van der Waals surface area contributed by atoms with E-state index >= 15 is 0 Å². The summed E-state index contributed by atoms with van der Waals surface area (Å²) in [4.78, 5) is 12.9. The Morgan fingerprint density at radius 2 is 1.05 bits per heavy atom. The molecular formula is C50H90O12S. The van der Waals surface area contributed by atoms with Crippen LogP contribution in [0.5, 0.6) is 0 Å². The third-order valence-corrected chi connectivity index (χ3v) is 11.6. The fourth-order valence-corrected chi connectivity index (χ4v) is 7.89. The SMILES string of the molecule is CCCCC/C=C\C/C=C\CCCCCCCCCCOCC(COC1OC(CO)C(O)C(OS(=O)(=O)O)C1O)OC(=O)CCCCCCCCC/C=C\C/C=C\CCCCCC. The second kappa shape index (κ2) is 41.5. The van der Waals surface area contributed by atoms with Crippen molar-refractivity contribution in [2.24, 2.45) is 0 Å². The van der Waals surface area contributed by atoms with Gasteiger partial charge in [-0.3, -0.25) is 9.35 Å². The molecular weight excluding hydrogens is 825 g/mol. The van der Waals surface area contributed by atoms with Gasteiger partial charge in [-0.15, -0.1) is 0 Å². The summed E-state index contributed by atoms with van der Waals surface area (Å²) in [6, 6.07) is 0. The van der Waals surface area contributed by atoms with Crippen LogP contribution in [0.1, 0.15) is 200 Å². The summed E-state index contributed by atoms with van der Waals surface area (Å²) in [5.74, 6) is -0.409. The van der Waals surface area contributed by atoms with Crippen molar-refractivity contribution in [2.45, 2.75) is 237 Å². The zero-order chi connectivity index (χ0) is 46.1. The number of allylic oxidation sites excluding steroid dienone is 8. The zero-order valence-corrected chi connectivity index (χ0v) is 40.2. The minimum Gasteiger partial charge on any atom is -0.457 e. The van der Waals surface area contributed by atoms with Crippen LogP contribution < -0.4 is 0 Å². The molecule has 1 fully saturated rings. The van der Waals surface area contributed by atoms with E-state index in [4.69, 9.17) is 18.9 Å². The summed E-state index contributed by atoms with van der Waals surface area (Å²) in [5, 5.41) is 30.7. The summed E-state index contributed by atoms with van der Waals surface area (Å²) in [6.07, 6.45) is 41.3. The zero-order valence-electron chi connectivity index (χ0n) is 39.4. The number of esters is 1. The molecule has 13 heteroatoms. The van der Waals surface area contributed by atoms with E-state index in [0.29, 0.717) is 13.0 Å². The van der Waals surface area contributed by atoms with Gasteiger partial charge in [0.25, 0.3) is 0 Å². The first-order valence-electron chi connectivity index (χ1n) is 24.9. The van der Waals surface area contributed by atoms with Crippen LogP contribution in [0, 0.1) is 0 Å². The molecule has 0 aromatic heterocycles. The van der Waals surface area contributed by atoms with Crippen molar-refractivity contribution in [1.29, 1.82) is 0 Å². The lowest BCUT2D eigenvalue weighted by atomic mass is 9.99. The average molecular weight is 915 g/mol. The summed E-state index contributed by atoms with van der Waals surface area (Å²) >= 11 is 0. The largest absolute Gasteiger partial charge is 0.457 e. The van der Waals surface area contributed by atoms with E-state index in [9.17, 15) is 33.1 Å². The number of rotatable bonds is 43. The lowest BCUT2D eigenvalue weighted by Crippen LogP contribution is -2.60. The van der Waals surface area contributed by atoms with E-state index in [2.05, 4.69) is 66.6 Å². The molecule has 0 saturated carbocycles. The molecule has 0 radical (unpaired) electrons. The van der Waals surface area contributed by atoms with Gasteiger partial charge in [0.05, 0.1) is 19.8 Å². The van der Waals surface area contributed by atoms with Crippen LogP contribution in [0.15, 0.2) is 48.6 Å². The predicted octanol–water partition coefficient (Wildman–Crippen LogP) is 11.1. The second-order valence-electron chi connectivity index (χ2n) is 17.0. The van der Waals surface area contributed by atoms with Crippen molar-refractivity contribution in [1.82, 2.24) is 0 Å². The van der Waals surface area contributed by atoms with Crippen molar-refractivity contribution in [3.05, 3.63) is 48.6 Å². The highest BCUT2D eigenvalue weighted by Crippen LogP contribution is 2.26. The van der Waals surface area contributed by atoms with Crippen LogP contribution in [0.4, 0.5) is 0 Å². The molecule has 0 amide bonds. The average Bonchev–Trinajstić information content (AvgIpc) is 3.26. The van der Waals surface area contributed by atoms with E-state index in [-0.39, 0.29) is 19.6 Å². The van der Waals surface area contributed by atoms with E-state index in [1.165, 1.54) is 109 Å². The Morgan fingerprint density at radius 3 is 1.54 bits per heavy atom. The number of ether oxygens (including phenoxy) is 4. The van der Waals surface area contributed by atoms with Gasteiger partial charge >= 0.3 is 16.4 Å². The van der Waals surface area contributed by atoms with Gasteiger partial charge in [0.15, 0.2) is 6.29 Å². The molecule has 0 aliphatic carbocycles. The molecule has 12 nitrogen and oxygen atoms in total. The first-order chi connectivity index (χ1) is 30.6. The maximum Gasteiger partial charge on any atom is 0.397 e. The first kappa shape index (κ1) is 59.1. The number of carbonyl (C=O) groups is 1. The summed E-state index contributed by atoms with van der Waals surface area (Å²) < 4.78 is 59.2. The highest BCUT2D eigenvalue weighted by atomic mass is 32.3. The van der Waals surface area contributed by atoms with E-state index in [1.807, 2.05) is 0 Å². The Balaban J connectivity index is 2.40. The first-order valence-corrected chi connectivity index (χ1v) is 26.3. The molecule has 368 valence electrons. The normalized spacial score (nSPS) is 20.3. The fraction of sp³-hybridized carbons (Fsp3) is 0.820. The topological polar surface area (TPSA) is 178 Å². The predicted molar refractivity (Wildman–Crippen MR) is 253 cm³/mol. The quantitative estimate of drug-likeness (QED) is 0.0197. The number of aliphatic hydroxyl groups is 3. The molecule has 0 aromatic rings. The summed E-state index contributed by atoms with van der Waals surface area (Å²) in [5.41, 5.74) is 0. The smallest absolute Gasteiger partial charge is 0.397 e. The van der Waals surface area contributed by atoms with Gasteiger partial charge in [-0.1, -0.05) is 165 Å². The van der Waals surface area contributed by atoms with Gasteiger partial charge < -0.3 is 34.3 Å². The summed E-state index contributed by atoms with van der Waals surface area (Å²) in [6.45, 7) is 3.94. The van der Waals surface area contributed by atoms with Crippen LogP contribution in [-0.2, 0) is 38.3 Å². The molecule has 0 aromatic carbocycles. The number of carbonyl (C=O) groups excluding carboxylic acids is 1. The summed E-state index contributed by atoms with van der Waals surface area (Å²) in [7, 11) is -5.07. The van der Waals surface area contributed by atoms with E-state index in [1.54, 1.807) is 0 Å². The highest BCUT2D eigenvalue weighted by Gasteiger charge is 2.48. The van der Waals surface area contributed by atoms with Gasteiger partial charge in [-0.2, -0.15) is 8.42 Å². The molecule has 6 atom stereocenters. The van der Waals surface area contributed by atoms with Gasteiger partial charge in [-0.25, -0.2) is 4.18 Å². The molecule has 0 spiro atoms. The molecule has 1 saturated heterocycles. The van der Waals surface area contributed by atoms with Crippen molar-refractivity contribution in [3.8, 4) is 0 Å². The Bertz CT molecular complexity index is 1290. The van der Waals surface area contributed by atoms with Crippen molar-refractivity contribution < 1.29 is 56.2 Å². The molecule has 4 N–H and O–H groups in total. The Kier molecular flexibility index (Phi) is 38.9. The molecule has 6 unspecified atom stereocenters. The molecule has 1 aliphatic rings. The number of hydrogen-bond acceptors (Lipinski definition) is 11. The van der Waals surface area contributed by atoms with Crippen molar-refractivity contribution >= 4 is 16.4 Å². The van der Waals surface area contributed by atoms with Crippen LogP contribution in [0.3, 0.4) is 0 Å². The number of unbranched alkanes of at least 4 members (excludes halogenated alkanes) is 22. The third-order valence-electron chi connectivity index (χ3n) is 11.2. The standard InChI is InChI=1S/C50H90O12S/c1-3-5-7-9-11-13-15-17-19-21-23-25-27-29-31-33-35-37-39-46(52)60-44(43-59-50-48(54)49(62-63(55,56)57)47(53)45(41-51)61-50)42-58-40-38-36-34-32-30-28-26-24-22-20-18-16-14-12-10-8-6-4-2/h12-15,18-21,44-45,47-51,53-54H,3-11,16-17,22-43H2,1-2H3,(H,55,56,57)/b14-12-,15-13-,20-18-,21-19-. The van der Waals surface area contributed by atoms with Crippen LogP contribution in [-0.4, -0.2) is 97.5 Å². The van der Waals surface area contributed by atoms with Crippen LogP contribution in [0.2, 0.25) is 0 Å². The molecule has 1 rings (SSSR count). The monoisotopic (exact) mass is 915 g/mol. The number of hydrogen-bond donors (Lipinski definition) is 4. The molecule has 1 heterocycles. The molecule has 0 bridgehead atoms. The minimum atomic E-state index is -5.07.